The normalized spacial score (nSPS) is 13.5. The molecule has 0 aliphatic rings. The summed E-state index contributed by atoms with van der Waals surface area (Å²) in [6.07, 6.45) is 1.52. The molecule has 5 heteroatoms. The van der Waals surface area contributed by atoms with Crippen molar-refractivity contribution in [2.45, 2.75) is 39.8 Å². The van der Waals surface area contributed by atoms with E-state index < -0.39 is 12.2 Å². The van der Waals surface area contributed by atoms with Crippen molar-refractivity contribution >= 4 is 11.9 Å². The summed E-state index contributed by atoms with van der Waals surface area (Å²) in [4.78, 5) is 22.6. The van der Waals surface area contributed by atoms with Gasteiger partial charge in [0, 0.05) is 0 Å². The van der Waals surface area contributed by atoms with Crippen LogP contribution in [0.4, 0.5) is 0 Å². The molecule has 17 heavy (non-hydrogen) atoms. The number of hydrogen-bond acceptors (Lipinski definition) is 5. The Morgan fingerprint density at radius 1 is 1.24 bits per heavy atom. The Morgan fingerprint density at radius 2 is 1.76 bits per heavy atom. The number of ether oxygens (including phenoxy) is 2. The molecule has 0 amide bonds. The van der Waals surface area contributed by atoms with Gasteiger partial charge in [-0.15, -0.1) is 0 Å². The van der Waals surface area contributed by atoms with Gasteiger partial charge in [-0.25, -0.2) is 0 Å². The van der Waals surface area contributed by atoms with E-state index in [1.807, 2.05) is 19.9 Å². The molecule has 0 aliphatic heterocycles. The zero-order valence-corrected chi connectivity index (χ0v) is 10.9. The van der Waals surface area contributed by atoms with Crippen LogP contribution in [-0.2, 0) is 19.1 Å². The third kappa shape index (κ3) is 8.45. The Morgan fingerprint density at radius 3 is 2.18 bits per heavy atom. The first-order valence-electron chi connectivity index (χ1n) is 5.52. The quantitative estimate of drug-likeness (QED) is 0.433. The Labute approximate surface area is 102 Å². The molecule has 0 saturated heterocycles. The standard InChI is InChI=1S/C12H21NO4/c1-8(2)5-10(6-11(14)16-4)7-12(15)17-9(3)13/h5,9-10H,6-7,13H2,1-4H3/t9?,10-/m0/s1. The van der Waals surface area contributed by atoms with Crippen LogP contribution in [0.5, 0.6) is 0 Å². The van der Waals surface area contributed by atoms with Crippen LogP contribution in [0.1, 0.15) is 33.6 Å². The van der Waals surface area contributed by atoms with Gasteiger partial charge in [0.2, 0.25) is 0 Å². The Kier molecular flexibility index (Phi) is 7.21. The number of hydrogen-bond donors (Lipinski definition) is 1. The second-order valence-electron chi connectivity index (χ2n) is 4.18. The van der Waals surface area contributed by atoms with E-state index in [-0.39, 0.29) is 24.7 Å². The van der Waals surface area contributed by atoms with E-state index in [4.69, 9.17) is 10.5 Å². The monoisotopic (exact) mass is 243 g/mol. The van der Waals surface area contributed by atoms with E-state index in [2.05, 4.69) is 4.74 Å². The predicted molar refractivity (Wildman–Crippen MR) is 63.9 cm³/mol. The van der Waals surface area contributed by atoms with E-state index in [1.165, 1.54) is 7.11 Å². The van der Waals surface area contributed by atoms with Crippen LogP contribution in [0.3, 0.4) is 0 Å². The second kappa shape index (κ2) is 7.84. The van der Waals surface area contributed by atoms with Crippen LogP contribution >= 0.6 is 0 Å². The van der Waals surface area contributed by atoms with Crippen molar-refractivity contribution in [3.8, 4) is 0 Å². The van der Waals surface area contributed by atoms with Gasteiger partial charge in [0.25, 0.3) is 0 Å². The highest BCUT2D eigenvalue weighted by molar-refractivity contribution is 5.73. The van der Waals surface area contributed by atoms with Gasteiger partial charge >= 0.3 is 11.9 Å². The van der Waals surface area contributed by atoms with Crippen LogP contribution in [-0.4, -0.2) is 25.3 Å². The van der Waals surface area contributed by atoms with Gasteiger partial charge in [-0.1, -0.05) is 11.6 Å². The highest BCUT2D eigenvalue weighted by Gasteiger charge is 2.17. The fourth-order valence-corrected chi connectivity index (χ4v) is 1.43. The molecular formula is C12H21NO4. The molecule has 0 spiro atoms. The van der Waals surface area contributed by atoms with Crippen LogP contribution in [0.25, 0.3) is 0 Å². The average molecular weight is 243 g/mol. The largest absolute Gasteiger partial charge is 0.469 e. The van der Waals surface area contributed by atoms with Crippen LogP contribution in [0, 0.1) is 5.92 Å². The van der Waals surface area contributed by atoms with Crippen LogP contribution in [0.15, 0.2) is 11.6 Å². The molecular weight excluding hydrogens is 222 g/mol. The maximum absolute atomic E-state index is 11.4. The number of allylic oxidation sites excluding steroid dienone is 2. The lowest BCUT2D eigenvalue weighted by atomic mass is 9.99. The van der Waals surface area contributed by atoms with E-state index in [1.54, 1.807) is 6.92 Å². The van der Waals surface area contributed by atoms with Crippen molar-refractivity contribution in [3.63, 3.8) is 0 Å². The minimum absolute atomic E-state index is 0.127. The molecule has 2 atom stereocenters. The highest BCUT2D eigenvalue weighted by atomic mass is 16.6. The van der Waals surface area contributed by atoms with Gasteiger partial charge in [0.15, 0.2) is 0 Å². The third-order valence-electron chi connectivity index (χ3n) is 1.97. The molecule has 0 heterocycles. The molecule has 0 aromatic heterocycles. The number of carbonyl (C=O) groups excluding carboxylic acids is 2. The van der Waals surface area contributed by atoms with Gasteiger partial charge in [0.05, 0.1) is 20.0 Å². The first-order valence-corrected chi connectivity index (χ1v) is 5.52. The summed E-state index contributed by atoms with van der Waals surface area (Å²) in [5.41, 5.74) is 6.38. The maximum Gasteiger partial charge on any atom is 0.307 e. The number of rotatable bonds is 6. The maximum atomic E-state index is 11.4. The molecule has 0 aliphatic carbocycles. The van der Waals surface area contributed by atoms with Crippen molar-refractivity contribution in [3.05, 3.63) is 11.6 Å². The molecule has 0 bridgehead atoms. The van der Waals surface area contributed by atoms with Gasteiger partial charge in [0.1, 0.15) is 6.23 Å². The van der Waals surface area contributed by atoms with Crippen LogP contribution in [0.2, 0.25) is 0 Å². The first kappa shape index (κ1) is 15.6. The molecule has 1 unspecified atom stereocenters. The van der Waals surface area contributed by atoms with Crippen molar-refractivity contribution in [1.82, 2.24) is 0 Å². The van der Waals surface area contributed by atoms with Gasteiger partial charge < -0.3 is 9.47 Å². The van der Waals surface area contributed by atoms with Gasteiger partial charge in [-0.05, 0) is 26.7 Å². The smallest absolute Gasteiger partial charge is 0.307 e. The Hall–Kier alpha value is -1.36. The SMILES string of the molecule is COC(=O)C[C@H](C=C(C)C)CC(=O)OC(C)N. The molecule has 2 N–H and O–H groups in total. The summed E-state index contributed by atoms with van der Waals surface area (Å²) in [7, 11) is 1.32. The molecule has 0 rings (SSSR count). The number of carbonyl (C=O) groups is 2. The zero-order valence-electron chi connectivity index (χ0n) is 10.9. The third-order valence-corrected chi connectivity index (χ3v) is 1.97. The number of esters is 2. The Balaban J connectivity index is 4.44. The fourth-order valence-electron chi connectivity index (χ4n) is 1.43. The average Bonchev–Trinajstić information content (AvgIpc) is 2.14. The van der Waals surface area contributed by atoms with Gasteiger partial charge in [-0.3, -0.25) is 15.3 Å². The summed E-state index contributed by atoms with van der Waals surface area (Å²) < 4.78 is 9.41. The van der Waals surface area contributed by atoms with E-state index in [9.17, 15) is 9.59 Å². The molecule has 0 radical (unpaired) electrons. The number of nitrogens with two attached hydrogens (primary N) is 1. The molecule has 0 fully saturated rings. The second-order valence-corrected chi connectivity index (χ2v) is 4.18. The lowest BCUT2D eigenvalue weighted by Crippen LogP contribution is -2.25. The van der Waals surface area contributed by atoms with Crippen molar-refractivity contribution < 1.29 is 19.1 Å². The lowest BCUT2D eigenvalue weighted by molar-refractivity contribution is -0.149. The van der Waals surface area contributed by atoms with Crippen molar-refractivity contribution in [2.24, 2.45) is 11.7 Å². The van der Waals surface area contributed by atoms with E-state index in [0.29, 0.717) is 0 Å². The topological polar surface area (TPSA) is 78.6 Å². The summed E-state index contributed by atoms with van der Waals surface area (Å²) >= 11 is 0. The predicted octanol–water partition coefficient (Wildman–Crippen LogP) is 1.37. The minimum Gasteiger partial charge on any atom is -0.469 e. The molecule has 0 aromatic rings. The summed E-state index contributed by atoms with van der Waals surface area (Å²) in [5, 5.41) is 0. The van der Waals surface area contributed by atoms with Gasteiger partial charge in [-0.2, -0.15) is 0 Å². The molecule has 5 nitrogen and oxygen atoms in total. The van der Waals surface area contributed by atoms with E-state index in [0.717, 1.165) is 5.57 Å². The number of methoxy groups -OCH3 is 1. The molecule has 0 aromatic carbocycles. The molecule has 98 valence electrons. The zero-order chi connectivity index (χ0) is 13.4. The summed E-state index contributed by atoms with van der Waals surface area (Å²) in [6.45, 7) is 5.39. The summed E-state index contributed by atoms with van der Waals surface area (Å²) in [6, 6.07) is 0. The molecule has 0 saturated carbocycles. The Bertz CT molecular complexity index is 293. The van der Waals surface area contributed by atoms with E-state index >= 15 is 0 Å². The van der Waals surface area contributed by atoms with Crippen molar-refractivity contribution in [2.75, 3.05) is 7.11 Å². The highest BCUT2D eigenvalue weighted by Crippen LogP contribution is 2.15. The lowest BCUT2D eigenvalue weighted by Gasteiger charge is -2.13. The van der Waals surface area contributed by atoms with Crippen LogP contribution < -0.4 is 5.73 Å². The summed E-state index contributed by atoms with van der Waals surface area (Å²) in [5.74, 6) is -0.966. The minimum atomic E-state index is -0.632. The fraction of sp³-hybridized carbons (Fsp3) is 0.667. The van der Waals surface area contributed by atoms with Crippen molar-refractivity contribution in [1.29, 1.82) is 0 Å². The first-order chi connectivity index (χ1) is 7.85.